The number of alkyl halides is 6. The van der Waals surface area contributed by atoms with Crippen LogP contribution < -0.4 is 9.47 Å². The molecule has 0 saturated carbocycles. The summed E-state index contributed by atoms with van der Waals surface area (Å²) in [6, 6.07) is 15.3. The molecule has 2 aromatic rings. The first-order valence-corrected chi connectivity index (χ1v) is 15.5. The molecule has 0 radical (unpaired) electrons. The molecule has 2 aromatic carbocycles. The first kappa shape index (κ1) is 43.8. The van der Waals surface area contributed by atoms with E-state index in [4.69, 9.17) is 18.9 Å². The van der Waals surface area contributed by atoms with Crippen molar-refractivity contribution in [3.8, 4) is 11.5 Å². The minimum atomic E-state index is -5.50. The second-order valence-electron chi connectivity index (χ2n) is 10.4. The summed E-state index contributed by atoms with van der Waals surface area (Å²) in [5.74, 6) is 1.36. The molecule has 2 unspecified atom stereocenters. The number of allylic oxidation sites excluding steroid dienone is 2. The van der Waals surface area contributed by atoms with Crippen LogP contribution in [-0.2, 0) is 36.5 Å². The van der Waals surface area contributed by atoms with Gasteiger partial charge in [0.15, 0.2) is 0 Å². The molecule has 15 heteroatoms. The number of halogens is 6. The van der Waals surface area contributed by atoms with Crippen molar-refractivity contribution < 1.29 is 69.7 Å². The van der Waals surface area contributed by atoms with Gasteiger partial charge >= 0.3 is 18.5 Å². The molecule has 0 saturated heterocycles. The van der Waals surface area contributed by atoms with Crippen LogP contribution in [0, 0.1) is 0 Å². The lowest BCUT2D eigenvalue weighted by Gasteiger charge is -2.28. The zero-order valence-corrected chi connectivity index (χ0v) is 27.6. The van der Waals surface area contributed by atoms with Gasteiger partial charge in [-0.05, 0) is 61.1 Å². The van der Waals surface area contributed by atoms with Crippen LogP contribution in [0.3, 0.4) is 0 Å². The van der Waals surface area contributed by atoms with E-state index in [-0.39, 0.29) is 46.1 Å². The zero-order chi connectivity index (χ0) is 36.8. The van der Waals surface area contributed by atoms with Gasteiger partial charge in [0.05, 0.1) is 26.4 Å². The number of aliphatic hydroxyl groups is 2. The van der Waals surface area contributed by atoms with Crippen molar-refractivity contribution in [1.82, 2.24) is 0 Å². The summed E-state index contributed by atoms with van der Waals surface area (Å²) in [4.78, 5) is 0. The smallest absolute Gasteiger partial charge is 0.490 e. The van der Waals surface area contributed by atoms with Crippen LogP contribution in [0.2, 0.25) is 0 Å². The molecule has 0 aliphatic heterocycles. The lowest BCUT2D eigenvalue weighted by molar-refractivity contribution is -0.526. The summed E-state index contributed by atoms with van der Waals surface area (Å²) in [6.45, 7) is 9.19. The van der Waals surface area contributed by atoms with Gasteiger partial charge in [-0.2, -0.15) is 17.6 Å². The number of hydrogen-bond donors (Lipinski definition) is 2. The van der Waals surface area contributed by atoms with E-state index in [9.17, 15) is 36.6 Å². The fourth-order valence-corrected chi connectivity index (χ4v) is 3.46. The molecule has 0 aliphatic carbocycles. The van der Waals surface area contributed by atoms with Gasteiger partial charge in [0.25, 0.3) is 0 Å². The summed E-state index contributed by atoms with van der Waals surface area (Å²) in [5.41, 5.74) is 2.30. The quantitative estimate of drug-likeness (QED) is 0.0492. The summed E-state index contributed by atoms with van der Waals surface area (Å²) >= 11 is 0. The van der Waals surface area contributed by atoms with Crippen molar-refractivity contribution in [3.63, 3.8) is 0 Å². The molecule has 0 fully saturated rings. The Bertz CT molecular complexity index is 1100. The summed E-state index contributed by atoms with van der Waals surface area (Å²) < 4.78 is 108. The third kappa shape index (κ3) is 19.0. The number of rotatable bonds is 25. The highest BCUT2D eigenvalue weighted by Gasteiger charge is 2.64. The highest BCUT2D eigenvalue weighted by atomic mass is 19.3. The maximum absolute atomic E-state index is 12.8. The van der Waals surface area contributed by atoms with E-state index in [2.05, 4.69) is 27.4 Å². The molecule has 2 atom stereocenters. The standard InChI is InChI=1S/C25H32O6.C9H14F6O3/c1-3-5-20-7-11-24(12-8-20)30-17-22(26)15-28-19-29-16-23(27)18-31-25-13-9-21(6-4-2)10-14-25;1-3-5-16-7(10,11)8(12,13)18-9(14,15)17-6-4-2/h3-4,7-14,22-23,26-27H,1-2,5-6,15-19H2;3-6H2,1-2H3. The van der Waals surface area contributed by atoms with Gasteiger partial charge in [-0.1, -0.05) is 50.3 Å². The molecular weight excluding hydrogens is 666 g/mol. The topological polar surface area (TPSA) is 105 Å². The van der Waals surface area contributed by atoms with Gasteiger partial charge < -0.3 is 33.9 Å². The van der Waals surface area contributed by atoms with Crippen molar-refractivity contribution in [2.75, 3.05) is 46.4 Å². The van der Waals surface area contributed by atoms with Crippen LogP contribution in [0.15, 0.2) is 73.8 Å². The number of ether oxygens (including phenoxy) is 7. The predicted octanol–water partition coefficient (Wildman–Crippen LogP) is 6.91. The normalized spacial score (nSPS) is 13.2. The summed E-state index contributed by atoms with van der Waals surface area (Å²) in [6.07, 6.45) is -11.7. The Morgan fingerprint density at radius 2 is 1.04 bits per heavy atom. The molecule has 0 aliphatic rings. The molecule has 0 aromatic heterocycles. The third-order valence-corrected chi connectivity index (χ3v) is 5.83. The Morgan fingerprint density at radius 3 is 1.43 bits per heavy atom. The van der Waals surface area contributed by atoms with Gasteiger partial charge in [0.2, 0.25) is 0 Å². The summed E-state index contributed by atoms with van der Waals surface area (Å²) in [7, 11) is 0. The van der Waals surface area contributed by atoms with E-state index >= 15 is 0 Å². The average Bonchev–Trinajstić information content (AvgIpc) is 3.05. The fourth-order valence-electron chi connectivity index (χ4n) is 3.46. The highest BCUT2D eigenvalue weighted by Crippen LogP contribution is 2.40. The first-order valence-electron chi connectivity index (χ1n) is 15.5. The van der Waals surface area contributed by atoms with E-state index < -0.39 is 43.9 Å². The van der Waals surface area contributed by atoms with Crippen molar-refractivity contribution in [2.45, 2.75) is 70.3 Å². The Hall–Kier alpha value is -3.18. The maximum atomic E-state index is 12.8. The molecule has 0 spiro atoms. The van der Waals surface area contributed by atoms with E-state index in [1.165, 1.54) is 13.8 Å². The molecule has 2 N–H and O–H groups in total. The molecule has 278 valence electrons. The van der Waals surface area contributed by atoms with E-state index in [1.807, 2.05) is 60.7 Å². The molecule has 0 amide bonds. The highest BCUT2D eigenvalue weighted by molar-refractivity contribution is 5.29. The van der Waals surface area contributed by atoms with E-state index in [1.54, 1.807) is 0 Å². The Kier molecular flexibility index (Phi) is 20.8. The molecule has 2 rings (SSSR count). The monoisotopic (exact) mass is 712 g/mol. The van der Waals surface area contributed by atoms with Crippen molar-refractivity contribution >= 4 is 0 Å². The minimum Gasteiger partial charge on any atom is -0.491 e. The van der Waals surface area contributed by atoms with Gasteiger partial charge in [-0.15, -0.1) is 21.9 Å². The van der Waals surface area contributed by atoms with Crippen LogP contribution in [0.4, 0.5) is 26.3 Å². The van der Waals surface area contributed by atoms with Gasteiger partial charge in [0.1, 0.15) is 43.7 Å². The Balaban J connectivity index is 0.000000570. The number of hydrogen-bond acceptors (Lipinski definition) is 9. The van der Waals surface area contributed by atoms with Crippen molar-refractivity contribution in [3.05, 3.63) is 85.0 Å². The second kappa shape index (κ2) is 23.3. The number of aliphatic hydroxyl groups excluding tert-OH is 2. The average molecular weight is 713 g/mol. The third-order valence-electron chi connectivity index (χ3n) is 5.83. The van der Waals surface area contributed by atoms with E-state index in [0.717, 1.165) is 24.0 Å². The largest absolute Gasteiger partial charge is 0.491 e. The van der Waals surface area contributed by atoms with Crippen LogP contribution in [0.1, 0.15) is 37.8 Å². The van der Waals surface area contributed by atoms with Crippen LogP contribution in [0.25, 0.3) is 0 Å². The first-order chi connectivity index (χ1) is 23.2. The number of benzene rings is 2. The van der Waals surface area contributed by atoms with Gasteiger partial charge in [0, 0.05) is 0 Å². The molecule has 49 heavy (non-hydrogen) atoms. The maximum Gasteiger partial charge on any atom is 0.490 e. The van der Waals surface area contributed by atoms with Crippen LogP contribution >= 0.6 is 0 Å². The lowest BCUT2D eigenvalue weighted by Crippen LogP contribution is -2.49. The lowest BCUT2D eigenvalue weighted by atomic mass is 10.1. The van der Waals surface area contributed by atoms with Crippen LogP contribution in [-0.4, -0.2) is 87.4 Å². The van der Waals surface area contributed by atoms with E-state index in [0.29, 0.717) is 11.5 Å². The predicted molar refractivity (Wildman–Crippen MR) is 169 cm³/mol. The molecule has 0 bridgehead atoms. The van der Waals surface area contributed by atoms with Crippen molar-refractivity contribution in [1.29, 1.82) is 0 Å². The molecule has 0 heterocycles. The SMILES string of the molecule is C=CCc1ccc(OCC(O)COCOCC(O)COc2ccc(CC=C)cc2)cc1.CCCOC(F)(F)OC(F)(F)C(F)(F)OCCC. The Labute approximate surface area is 283 Å². The van der Waals surface area contributed by atoms with Crippen LogP contribution in [0.5, 0.6) is 11.5 Å². The van der Waals surface area contributed by atoms with Gasteiger partial charge in [-0.3, -0.25) is 4.74 Å². The second-order valence-corrected chi connectivity index (χ2v) is 10.4. The zero-order valence-electron chi connectivity index (χ0n) is 27.6. The minimum absolute atomic E-state index is 0.00833. The molecule has 9 nitrogen and oxygen atoms in total. The van der Waals surface area contributed by atoms with Gasteiger partial charge in [-0.25, -0.2) is 4.74 Å². The van der Waals surface area contributed by atoms with Crippen molar-refractivity contribution in [2.24, 2.45) is 0 Å². The fraction of sp³-hybridized carbons (Fsp3) is 0.529. The molecular formula is C34H46F6O9. The summed E-state index contributed by atoms with van der Waals surface area (Å²) in [5, 5.41) is 19.9. The Morgan fingerprint density at radius 1 is 0.633 bits per heavy atom.